The van der Waals surface area contributed by atoms with Gasteiger partial charge in [-0.15, -0.1) is 0 Å². The molecule has 0 amide bonds. The molecule has 110 valence electrons. The van der Waals surface area contributed by atoms with Crippen molar-refractivity contribution < 1.29 is 9.90 Å². The van der Waals surface area contributed by atoms with Gasteiger partial charge in [0.1, 0.15) is 0 Å². The number of aromatic nitrogens is 1. The van der Waals surface area contributed by atoms with E-state index < -0.39 is 5.97 Å². The van der Waals surface area contributed by atoms with Gasteiger partial charge >= 0.3 is 5.97 Å². The van der Waals surface area contributed by atoms with Crippen molar-refractivity contribution in [2.75, 3.05) is 6.54 Å². The Bertz CT molecular complexity index is 608. The fourth-order valence-electron chi connectivity index (χ4n) is 2.21. The smallest absolute Gasteiger partial charge is 0.335 e. The highest BCUT2D eigenvalue weighted by Gasteiger charge is 2.07. The Morgan fingerprint density at radius 1 is 1.14 bits per heavy atom. The Morgan fingerprint density at radius 3 is 2.43 bits per heavy atom. The summed E-state index contributed by atoms with van der Waals surface area (Å²) in [6.45, 7) is 6.59. The van der Waals surface area contributed by atoms with Crippen LogP contribution in [0, 0.1) is 6.92 Å². The van der Waals surface area contributed by atoms with E-state index in [1.165, 1.54) is 0 Å². The molecule has 4 heteroatoms. The summed E-state index contributed by atoms with van der Waals surface area (Å²) in [6.07, 6.45) is 0. The lowest BCUT2D eigenvalue weighted by molar-refractivity contribution is 0.0697. The monoisotopic (exact) mass is 284 g/mol. The average Bonchev–Trinajstić information content (AvgIpc) is 2.47. The number of carbonyl (C=O) groups is 1. The van der Waals surface area contributed by atoms with E-state index in [-0.39, 0.29) is 0 Å². The van der Waals surface area contributed by atoms with Crippen LogP contribution < -0.4 is 0 Å². The molecular formula is C17H20N2O2. The Kier molecular flexibility index (Phi) is 5.06. The standard InChI is InChI=1S/C17H20N2O2/c1-3-19(12-16-6-4-5-13(2)18-16)11-14-7-9-15(10-8-14)17(20)21/h4-10H,3,11-12H2,1-2H3,(H,20,21). The molecule has 2 rings (SSSR count). The topological polar surface area (TPSA) is 53.4 Å². The second-order valence-corrected chi connectivity index (χ2v) is 5.08. The normalized spacial score (nSPS) is 10.8. The molecule has 0 aliphatic rings. The predicted molar refractivity (Wildman–Crippen MR) is 82.2 cm³/mol. The molecule has 1 N–H and O–H groups in total. The van der Waals surface area contributed by atoms with Gasteiger partial charge in [0.05, 0.1) is 11.3 Å². The number of rotatable bonds is 6. The number of hydrogen-bond donors (Lipinski definition) is 1. The van der Waals surface area contributed by atoms with Gasteiger partial charge in [-0.25, -0.2) is 4.79 Å². The summed E-state index contributed by atoms with van der Waals surface area (Å²) in [5.74, 6) is -0.891. The molecule has 0 atom stereocenters. The number of pyridine rings is 1. The van der Waals surface area contributed by atoms with Gasteiger partial charge in [0, 0.05) is 18.8 Å². The van der Waals surface area contributed by atoms with E-state index in [2.05, 4.69) is 16.8 Å². The van der Waals surface area contributed by atoms with E-state index in [0.717, 1.165) is 36.6 Å². The molecule has 0 aliphatic carbocycles. The van der Waals surface area contributed by atoms with Crippen LogP contribution in [0.5, 0.6) is 0 Å². The molecule has 21 heavy (non-hydrogen) atoms. The zero-order chi connectivity index (χ0) is 15.2. The molecule has 0 saturated heterocycles. The fourth-order valence-corrected chi connectivity index (χ4v) is 2.21. The van der Waals surface area contributed by atoms with Crippen LogP contribution in [0.1, 0.15) is 34.2 Å². The highest BCUT2D eigenvalue weighted by molar-refractivity contribution is 5.87. The van der Waals surface area contributed by atoms with E-state index in [9.17, 15) is 4.79 Å². The maximum atomic E-state index is 10.8. The van der Waals surface area contributed by atoms with Crippen molar-refractivity contribution in [3.63, 3.8) is 0 Å². The third-order valence-corrected chi connectivity index (χ3v) is 3.39. The van der Waals surface area contributed by atoms with Gasteiger partial charge in [0.2, 0.25) is 0 Å². The van der Waals surface area contributed by atoms with Crippen molar-refractivity contribution in [2.45, 2.75) is 26.9 Å². The molecule has 4 nitrogen and oxygen atoms in total. The molecule has 0 aliphatic heterocycles. The first-order valence-electron chi connectivity index (χ1n) is 7.05. The van der Waals surface area contributed by atoms with Crippen LogP contribution in [-0.2, 0) is 13.1 Å². The first kappa shape index (κ1) is 15.2. The molecule has 0 radical (unpaired) electrons. The highest BCUT2D eigenvalue weighted by atomic mass is 16.4. The van der Waals surface area contributed by atoms with Gasteiger partial charge in [0.15, 0.2) is 0 Å². The SMILES string of the molecule is CCN(Cc1ccc(C(=O)O)cc1)Cc1cccc(C)n1. The Morgan fingerprint density at radius 2 is 1.86 bits per heavy atom. The minimum Gasteiger partial charge on any atom is -0.478 e. The summed E-state index contributed by atoms with van der Waals surface area (Å²) >= 11 is 0. The van der Waals surface area contributed by atoms with Crippen molar-refractivity contribution in [3.8, 4) is 0 Å². The summed E-state index contributed by atoms with van der Waals surface area (Å²) in [6, 6.07) is 13.1. The Hall–Kier alpha value is -2.20. The quantitative estimate of drug-likeness (QED) is 0.885. The lowest BCUT2D eigenvalue weighted by atomic mass is 10.1. The molecule has 0 saturated carbocycles. The first-order valence-corrected chi connectivity index (χ1v) is 7.05. The van der Waals surface area contributed by atoms with Crippen molar-refractivity contribution in [3.05, 3.63) is 65.0 Å². The van der Waals surface area contributed by atoms with Crippen LogP contribution in [0.2, 0.25) is 0 Å². The number of aromatic carboxylic acids is 1. The van der Waals surface area contributed by atoms with Gasteiger partial charge in [0.25, 0.3) is 0 Å². The number of benzene rings is 1. The zero-order valence-corrected chi connectivity index (χ0v) is 12.4. The number of carboxylic acids is 1. The molecule has 0 spiro atoms. The number of carboxylic acid groups (broad SMARTS) is 1. The Balaban J connectivity index is 2.03. The molecule has 1 aromatic carbocycles. The number of nitrogens with zero attached hydrogens (tertiary/aromatic N) is 2. The van der Waals surface area contributed by atoms with Crippen LogP contribution in [0.15, 0.2) is 42.5 Å². The van der Waals surface area contributed by atoms with Gasteiger partial charge in [-0.1, -0.05) is 25.1 Å². The minimum absolute atomic E-state index is 0.321. The van der Waals surface area contributed by atoms with Gasteiger partial charge in [-0.2, -0.15) is 0 Å². The number of aryl methyl sites for hydroxylation is 1. The third-order valence-electron chi connectivity index (χ3n) is 3.39. The van der Waals surface area contributed by atoms with Gasteiger partial charge in [-0.05, 0) is 43.3 Å². The van der Waals surface area contributed by atoms with E-state index in [1.807, 2.05) is 37.3 Å². The van der Waals surface area contributed by atoms with Crippen LogP contribution in [-0.4, -0.2) is 27.5 Å². The molecule has 2 aromatic rings. The zero-order valence-electron chi connectivity index (χ0n) is 12.4. The molecule has 1 aromatic heterocycles. The largest absolute Gasteiger partial charge is 0.478 e. The lowest BCUT2D eigenvalue weighted by Crippen LogP contribution is -2.23. The lowest BCUT2D eigenvalue weighted by Gasteiger charge is -2.20. The summed E-state index contributed by atoms with van der Waals surface area (Å²) < 4.78 is 0. The average molecular weight is 284 g/mol. The Labute approximate surface area is 125 Å². The van der Waals surface area contributed by atoms with Gasteiger partial charge in [-0.3, -0.25) is 9.88 Å². The maximum absolute atomic E-state index is 10.8. The number of hydrogen-bond acceptors (Lipinski definition) is 3. The van der Waals surface area contributed by atoms with Crippen molar-refractivity contribution >= 4 is 5.97 Å². The molecular weight excluding hydrogens is 264 g/mol. The summed E-state index contributed by atoms with van der Waals surface area (Å²) in [5.41, 5.74) is 3.50. The van der Waals surface area contributed by atoms with Crippen LogP contribution in [0.4, 0.5) is 0 Å². The van der Waals surface area contributed by atoms with Crippen molar-refractivity contribution in [1.82, 2.24) is 9.88 Å². The van der Waals surface area contributed by atoms with E-state index in [4.69, 9.17) is 5.11 Å². The molecule has 0 bridgehead atoms. The minimum atomic E-state index is -0.891. The second-order valence-electron chi connectivity index (χ2n) is 5.08. The summed E-state index contributed by atoms with van der Waals surface area (Å²) in [7, 11) is 0. The molecule has 1 heterocycles. The third kappa shape index (κ3) is 4.39. The van der Waals surface area contributed by atoms with Gasteiger partial charge < -0.3 is 5.11 Å². The fraction of sp³-hybridized carbons (Fsp3) is 0.294. The van der Waals surface area contributed by atoms with Crippen molar-refractivity contribution in [2.24, 2.45) is 0 Å². The summed E-state index contributed by atoms with van der Waals surface area (Å²) in [5, 5.41) is 8.91. The first-order chi connectivity index (χ1) is 10.1. The summed E-state index contributed by atoms with van der Waals surface area (Å²) in [4.78, 5) is 17.6. The maximum Gasteiger partial charge on any atom is 0.335 e. The predicted octanol–water partition coefficient (Wildman–Crippen LogP) is 3.11. The van der Waals surface area contributed by atoms with Crippen LogP contribution in [0.25, 0.3) is 0 Å². The molecule has 0 fully saturated rings. The van der Waals surface area contributed by atoms with E-state index in [1.54, 1.807) is 12.1 Å². The highest BCUT2D eigenvalue weighted by Crippen LogP contribution is 2.10. The second kappa shape index (κ2) is 6.99. The van der Waals surface area contributed by atoms with Crippen LogP contribution in [0.3, 0.4) is 0 Å². The van der Waals surface area contributed by atoms with E-state index >= 15 is 0 Å². The van der Waals surface area contributed by atoms with Crippen LogP contribution >= 0.6 is 0 Å². The van der Waals surface area contributed by atoms with E-state index in [0.29, 0.717) is 5.56 Å². The molecule has 0 unspecified atom stereocenters. The van der Waals surface area contributed by atoms with Crippen molar-refractivity contribution in [1.29, 1.82) is 0 Å².